The molecular weight excluding hydrogens is 348 g/mol. The molecule has 140 valence electrons. The number of hydrogen-bond acceptors (Lipinski definition) is 4. The number of carbonyl (C=O) groups excluding carboxylic acids is 1. The molecule has 0 radical (unpaired) electrons. The van der Waals surface area contributed by atoms with E-state index in [-0.39, 0.29) is 5.91 Å². The van der Waals surface area contributed by atoms with Crippen molar-refractivity contribution in [3.05, 3.63) is 59.9 Å². The first-order valence-corrected chi connectivity index (χ1v) is 9.58. The van der Waals surface area contributed by atoms with Crippen LogP contribution < -0.4 is 5.32 Å². The molecule has 3 aromatic rings. The Morgan fingerprint density at radius 2 is 1.96 bits per heavy atom. The van der Waals surface area contributed by atoms with Gasteiger partial charge in [-0.3, -0.25) is 4.79 Å². The van der Waals surface area contributed by atoms with Crippen LogP contribution in [0.1, 0.15) is 30.4 Å². The van der Waals surface area contributed by atoms with E-state index in [0.29, 0.717) is 12.2 Å². The van der Waals surface area contributed by atoms with Crippen LogP contribution in [0.25, 0.3) is 10.9 Å². The Bertz CT molecular complexity index is 1050. The van der Waals surface area contributed by atoms with Crippen LogP contribution in [0.15, 0.2) is 48.8 Å². The van der Waals surface area contributed by atoms with Crippen molar-refractivity contribution in [3.63, 3.8) is 0 Å². The van der Waals surface area contributed by atoms with Crippen molar-refractivity contribution in [2.24, 2.45) is 0 Å². The second-order valence-corrected chi connectivity index (χ2v) is 7.04. The molecule has 4 rings (SSSR count). The van der Waals surface area contributed by atoms with Crippen molar-refractivity contribution >= 4 is 28.3 Å². The monoisotopic (exact) mass is 370 g/mol. The van der Waals surface area contributed by atoms with Crippen LogP contribution in [0.4, 0.5) is 11.5 Å². The zero-order chi connectivity index (χ0) is 19.3. The van der Waals surface area contributed by atoms with Gasteiger partial charge in [-0.1, -0.05) is 18.1 Å². The number of amides is 1. The number of fused-ring (bicyclic) bond motifs is 1. The fourth-order valence-corrected chi connectivity index (χ4v) is 3.57. The third-order valence-electron chi connectivity index (χ3n) is 5.06. The second-order valence-electron chi connectivity index (χ2n) is 7.04. The molecule has 5 heteroatoms. The SMILES string of the molecule is C#Cc1cccc(Nc2ncnc3ccc(CC(=O)N4CCCCC4)cc23)c1. The molecule has 1 saturated heterocycles. The quantitative estimate of drug-likeness (QED) is 0.708. The molecule has 1 N–H and O–H groups in total. The summed E-state index contributed by atoms with van der Waals surface area (Å²) in [7, 11) is 0. The highest BCUT2D eigenvalue weighted by atomic mass is 16.2. The summed E-state index contributed by atoms with van der Waals surface area (Å²) in [5, 5.41) is 4.21. The third-order valence-corrected chi connectivity index (χ3v) is 5.06. The Hall–Kier alpha value is -3.39. The van der Waals surface area contributed by atoms with Gasteiger partial charge in [0.05, 0.1) is 11.9 Å². The van der Waals surface area contributed by atoms with Gasteiger partial charge in [0.2, 0.25) is 5.91 Å². The predicted octanol–water partition coefficient (Wildman–Crippen LogP) is 3.91. The van der Waals surface area contributed by atoms with Gasteiger partial charge >= 0.3 is 0 Å². The number of nitrogens with zero attached hydrogens (tertiary/aromatic N) is 3. The number of aromatic nitrogens is 2. The van der Waals surface area contributed by atoms with Crippen LogP contribution in [-0.4, -0.2) is 33.9 Å². The summed E-state index contributed by atoms with van der Waals surface area (Å²) < 4.78 is 0. The number of benzene rings is 2. The first-order valence-electron chi connectivity index (χ1n) is 9.58. The number of carbonyl (C=O) groups is 1. The van der Waals surface area contributed by atoms with Gasteiger partial charge in [-0.25, -0.2) is 9.97 Å². The maximum absolute atomic E-state index is 12.6. The van der Waals surface area contributed by atoms with Crippen molar-refractivity contribution < 1.29 is 4.79 Å². The van der Waals surface area contributed by atoms with Crippen molar-refractivity contribution in [1.29, 1.82) is 0 Å². The molecule has 0 bridgehead atoms. The molecule has 0 spiro atoms. The highest BCUT2D eigenvalue weighted by Gasteiger charge is 2.17. The minimum absolute atomic E-state index is 0.187. The smallest absolute Gasteiger partial charge is 0.226 e. The van der Waals surface area contributed by atoms with E-state index in [4.69, 9.17) is 6.42 Å². The van der Waals surface area contributed by atoms with Crippen molar-refractivity contribution in [2.45, 2.75) is 25.7 Å². The van der Waals surface area contributed by atoms with E-state index in [1.807, 2.05) is 47.4 Å². The maximum Gasteiger partial charge on any atom is 0.226 e. The molecule has 0 unspecified atom stereocenters. The molecule has 1 amide bonds. The average Bonchev–Trinajstić information content (AvgIpc) is 2.75. The van der Waals surface area contributed by atoms with Crippen LogP contribution in [0, 0.1) is 12.3 Å². The molecule has 1 aliphatic rings. The molecule has 2 aromatic carbocycles. The summed E-state index contributed by atoms with van der Waals surface area (Å²) in [5.74, 6) is 3.52. The van der Waals surface area contributed by atoms with E-state index in [9.17, 15) is 4.79 Å². The number of anilines is 2. The van der Waals surface area contributed by atoms with E-state index < -0.39 is 0 Å². The molecule has 1 fully saturated rings. The summed E-state index contributed by atoms with van der Waals surface area (Å²) in [4.78, 5) is 23.3. The highest BCUT2D eigenvalue weighted by Crippen LogP contribution is 2.25. The van der Waals surface area contributed by atoms with E-state index in [0.717, 1.165) is 53.6 Å². The van der Waals surface area contributed by atoms with Gasteiger partial charge in [0.1, 0.15) is 12.1 Å². The van der Waals surface area contributed by atoms with Gasteiger partial charge in [-0.2, -0.15) is 0 Å². The van der Waals surface area contributed by atoms with Crippen LogP contribution in [-0.2, 0) is 11.2 Å². The normalized spacial score (nSPS) is 13.9. The van der Waals surface area contributed by atoms with Crippen molar-refractivity contribution in [1.82, 2.24) is 14.9 Å². The lowest BCUT2D eigenvalue weighted by Gasteiger charge is -2.26. The Morgan fingerprint density at radius 3 is 2.79 bits per heavy atom. The highest BCUT2D eigenvalue weighted by molar-refractivity contribution is 5.92. The van der Waals surface area contributed by atoms with Crippen molar-refractivity contribution in [2.75, 3.05) is 18.4 Å². The largest absolute Gasteiger partial charge is 0.342 e. The number of rotatable bonds is 4. The van der Waals surface area contributed by atoms with Crippen LogP contribution in [0.2, 0.25) is 0 Å². The topological polar surface area (TPSA) is 58.1 Å². The minimum atomic E-state index is 0.187. The fraction of sp³-hybridized carbons (Fsp3) is 0.261. The standard InChI is InChI=1S/C23H22N4O/c1-2-17-7-6-8-19(13-17)26-23-20-14-18(9-10-21(20)24-16-25-23)15-22(28)27-11-4-3-5-12-27/h1,6-10,13-14,16H,3-5,11-12,15H2,(H,24,25,26). The number of piperidine rings is 1. The second kappa shape index (κ2) is 8.10. The summed E-state index contributed by atoms with van der Waals surface area (Å²) in [5.41, 5.74) is 3.47. The number of likely N-dealkylation sites (tertiary alicyclic amines) is 1. The number of terminal acetylenes is 1. The summed E-state index contributed by atoms with van der Waals surface area (Å²) >= 11 is 0. The molecule has 2 heterocycles. The lowest BCUT2D eigenvalue weighted by Crippen LogP contribution is -2.36. The number of hydrogen-bond donors (Lipinski definition) is 1. The van der Waals surface area contributed by atoms with Crippen LogP contribution in [0.5, 0.6) is 0 Å². The van der Waals surface area contributed by atoms with Gasteiger partial charge in [-0.15, -0.1) is 6.42 Å². The van der Waals surface area contributed by atoms with E-state index in [2.05, 4.69) is 21.2 Å². The van der Waals surface area contributed by atoms with Gasteiger partial charge in [0.25, 0.3) is 0 Å². The fourth-order valence-electron chi connectivity index (χ4n) is 3.57. The maximum atomic E-state index is 12.6. The molecule has 5 nitrogen and oxygen atoms in total. The van der Waals surface area contributed by atoms with Crippen LogP contribution in [0.3, 0.4) is 0 Å². The zero-order valence-corrected chi connectivity index (χ0v) is 15.7. The van der Waals surface area contributed by atoms with Crippen LogP contribution >= 0.6 is 0 Å². The Labute approximate surface area is 164 Å². The molecule has 1 aliphatic heterocycles. The van der Waals surface area contributed by atoms with Gasteiger partial charge in [0, 0.05) is 29.7 Å². The van der Waals surface area contributed by atoms with Gasteiger partial charge in [-0.05, 0) is 55.2 Å². The number of nitrogens with one attached hydrogen (secondary N) is 1. The molecule has 28 heavy (non-hydrogen) atoms. The summed E-state index contributed by atoms with van der Waals surface area (Å²) in [6.07, 6.45) is 10.8. The predicted molar refractivity (Wildman–Crippen MR) is 111 cm³/mol. The first kappa shape index (κ1) is 18.0. The Balaban J connectivity index is 1.60. The summed E-state index contributed by atoms with van der Waals surface area (Å²) in [6.45, 7) is 1.74. The molecule has 0 aliphatic carbocycles. The molecular formula is C23H22N4O. The third kappa shape index (κ3) is 3.96. The van der Waals surface area contributed by atoms with E-state index in [1.54, 1.807) is 0 Å². The molecule has 1 aromatic heterocycles. The van der Waals surface area contributed by atoms with Gasteiger partial charge < -0.3 is 10.2 Å². The van der Waals surface area contributed by atoms with Crippen molar-refractivity contribution in [3.8, 4) is 12.3 Å². The molecule has 0 saturated carbocycles. The average molecular weight is 370 g/mol. The Kier molecular flexibility index (Phi) is 5.20. The molecule has 0 atom stereocenters. The van der Waals surface area contributed by atoms with E-state index in [1.165, 1.54) is 12.7 Å². The minimum Gasteiger partial charge on any atom is -0.342 e. The lowest BCUT2D eigenvalue weighted by molar-refractivity contribution is -0.131. The summed E-state index contributed by atoms with van der Waals surface area (Å²) in [6, 6.07) is 13.6. The zero-order valence-electron chi connectivity index (χ0n) is 15.7. The Morgan fingerprint density at radius 1 is 1.11 bits per heavy atom. The first-order chi connectivity index (χ1) is 13.7. The van der Waals surface area contributed by atoms with E-state index >= 15 is 0 Å². The van der Waals surface area contributed by atoms with Gasteiger partial charge in [0.15, 0.2) is 0 Å². The lowest BCUT2D eigenvalue weighted by atomic mass is 10.1.